The lowest BCUT2D eigenvalue weighted by Gasteiger charge is -2.32. The van der Waals surface area contributed by atoms with Crippen LogP contribution in [0, 0.1) is 25.1 Å². The number of amides is 2. The molecule has 2 amide bonds. The van der Waals surface area contributed by atoms with Crippen LogP contribution in [-0.4, -0.2) is 48.8 Å². The van der Waals surface area contributed by atoms with Crippen LogP contribution in [0.15, 0.2) is 30.3 Å². The van der Waals surface area contributed by atoms with Crippen LogP contribution in [0.1, 0.15) is 85.9 Å². The average Bonchev–Trinajstić information content (AvgIpc) is 2.97. The minimum Gasteiger partial charge on any atom is -0.399 e. The Labute approximate surface area is 226 Å². The van der Waals surface area contributed by atoms with Crippen molar-refractivity contribution in [3.8, 4) is 0 Å². The van der Waals surface area contributed by atoms with Gasteiger partial charge in [0.25, 0.3) is 11.8 Å². The van der Waals surface area contributed by atoms with Crippen LogP contribution < -0.4 is 10.9 Å². The topological polar surface area (TPSA) is 77.1 Å². The van der Waals surface area contributed by atoms with E-state index in [0.717, 1.165) is 11.1 Å². The first-order valence-electron chi connectivity index (χ1n) is 12.8. The van der Waals surface area contributed by atoms with Gasteiger partial charge in [-0.3, -0.25) is 15.0 Å². The quantitative estimate of drug-likeness (QED) is 0.436. The van der Waals surface area contributed by atoms with Crippen molar-refractivity contribution >= 4 is 24.4 Å². The molecule has 2 aromatic carbocycles. The molecule has 1 aliphatic rings. The number of nitrogens with one attached hydrogen (secondary N) is 1. The summed E-state index contributed by atoms with van der Waals surface area (Å²) in [5, 5.41) is 1.26. The Morgan fingerprint density at radius 3 is 2.08 bits per heavy atom. The van der Waals surface area contributed by atoms with Gasteiger partial charge in [-0.05, 0) is 70.7 Å². The molecular weight excluding hydrogens is 486 g/mol. The Morgan fingerprint density at radius 2 is 1.58 bits per heavy atom. The first-order chi connectivity index (χ1) is 17.5. The van der Waals surface area contributed by atoms with E-state index in [0.29, 0.717) is 11.1 Å². The number of ether oxygens (including phenoxy) is 1. The molecule has 0 bridgehead atoms. The summed E-state index contributed by atoms with van der Waals surface area (Å²) in [5.74, 6) is -1.89. The SMILES string of the molecule is COCc1ccc(C(=O)NN(CC(C)(C)C)C(=O)c2cc(C)cc(C)c2)c(F)c1B1OC(C)(C)C(C)(C)O1. The van der Waals surface area contributed by atoms with Gasteiger partial charge in [0.05, 0.1) is 23.4 Å². The summed E-state index contributed by atoms with van der Waals surface area (Å²) in [7, 11) is 0.482. The van der Waals surface area contributed by atoms with Gasteiger partial charge < -0.3 is 14.0 Å². The smallest absolute Gasteiger partial charge is 0.399 e. The van der Waals surface area contributed by atoms with Gasteiger partial charge in [0, 0.05) is 24.7 Å². The van der Waals surface area contributed by atoms with E-state index in [4.69, 9.17) is 14.0 Å². The fourth-order valence-electron chi connectivity index (χ4n) is 4.38. The van der Waals surface area contributed by atoms with Gasteiger partial charge in [-0.1, -0.05) is 44.0 Å². The molecule has 206 valence electrons. The molecule has 0 saturated carbocycles. The summed E-state index contributed by atoms with van der Waals surface area (Å²) in [5.41, 5.74) is 3.64. The molecule has 0 aromatic heterocycles. The van der Waals surface area contributed by atoms with Crippen molar-refractivity contribution in [2.75, 3.05) is 13.7 Å². The Kier molecular flexibility index (Phi) is 8.46. The van der Waals surface area contributed by atoms with Gasteiger partial charge in [0.1, 0.15) is 5.82 Å². The highest BCUT2D eigenvalue weighted by Crippen LogP contribution is 2.37. The second-order valence-electron chi connectivity index (χ2n) is 12.3. The number of hydrogen-bond donors (Lipinski definition) is 1. The summed E-state index contributed by atoms with van der Waals surface area (Å²) in [6.07, 6.45) is 0. The lowest BCUT2D eigenvalue weighted by molar-refractivity contribution is 0.00578. The molecule has 0 aliphatic carbocycles. The van der Waals surface area contributed by atoms with Crippen LogP contribution in [0.25, 0.3) is 0 Å². The van der Waals surface area contributed by atoms with Crippen molar-refractivity contribution in [1.29, 1.82) is 0 Å². The van der Waals surface area contributed by atoms with E-state index in [1.165, 1.54) is 18.2 Å². The number of carbonyl (C=O) groups excluding carboxylic acids is 2. The molecule has 0 spiro atoms. The van der Waals surface area contributed by atoms with E-state index >= 15 is 4.39 Å². The maximum Gasteiger partial charge on any atom is 0.498 e. The number of rotatable bonds is 6. The molecule has 1 fully saturated rings. The number of carbonyl (C=O) groups is 2. The summed E-state index contributed by atoms with van der Waals surface area (Å²) >= 11 is 0. The third-order valence-corrected chi connectivity index (χ3v) is 6.89. The fraction of sp³-hybridized carbons (Fsp3) is 0.517. The van der Waals surface area contributed by atoms with Crippen LogP contribution in [0.3, 0.4) is 0 Å². The zero-order valence-electron chi connectivity index (χ0n) is 24.2. The van der Waals surface area contributed by atoms with E-state index < -0.39 is 30.0 Å². The van der Waals surface area contributed by atoms with Crippen LogP contribution in [0.2, 0.25) is 0 Å². The summed E-state index contributed by atoms with van der Waals surface area (Å²) in [6.45, 7) is 17.5. The summed E-state index contributed by atoms with van der Waals surface area (Å²) < 4.78 is 33.6. The van der Waals surface area contributed by atoms with Gasteiger partial charge in [-0.2, -0.15) is 0 Å². The molecule has 0 unspecified atom stereocenters. The molecule has 38 heavy (non-hydrogen) atoms. The molecule has 1 saturated heterocycles. The highest BCUT2D eigenvalue weighted by molar-refractivity contribution is 6.63. The zero-order chi connectivity index (χ0) is 28.6. The van der Waals surface area contributed by atoms with E-state index in [1.54, 1.807) is 18.2 Å². The minimum absolute atomic E-state index is 0.111. The molecule has 2 aromatic rings. The fourth-order valence-corrected chi connectivity index (χ4v) is 4.38. The first kappa shape index (κ1) is 29.8. The average molecular weight is 526 g/mol. The molecule has 0 atom stereocenters. The molecular formula is C29H40BFN2O5. The van der Waals surface area contributed by atoms with Crippen LogP contribution >= 0.6 is 0 Å². The molecule has 1 aliphatic heterocycles. The zero-order valence-corrected chi connectivity index (χ0v) is 24.2. The van der Waals surface area contributed by atoms with Gasteiger partial charge in [0.2, 0.25) is 0 Å². The lowest BCUT2D eigenvalue weighted by Crippen LogP contribution is -2.50. The number of nitrogens with zero attached hydrogens (tertiary/aromatic N) is 1. The number of aryl methyl sites for hydroxylation is 2. The molecule has 1 N–H and O–H groups in total. The van der Waals surface area contributed by atoms with E-state index in [-0.39, 0.29) is 35.5 Å². The minimum atomic E-state index is -1.03. The summed E-state index contributed by atoms with van der Waals surface area (Å²) in [6, 6.07) is 8.53. The highest BCUT2D eigenvalue weighted by atomic mass is 19.1. The Morgan fingerprint density at radius 1 is 1.03 bits per heavy atom. The van der Waals surface area contributed by atoms with Gasteiger partial charge in [-0.15, -0.1) is 0 Å². The number of hydrogen-bond acceptors (Lipinski definition) is 5. The number of halogens is 1. The molecule has 0 radical (unpaired) electrons. The van der Waals surface area contributed by atoms with Crippen LogP contribution in [0.5, 0.6) is 0 Å². The van der Waals surface area contributed by atoms with Gasteiger partial charge in [0.15, 0.2) is 0 Å². The first-order valence-corrected chi connectivity index (χ1v) is 12.8. The summed E-state index contributed by atoms with van der Waals surface area (Å²) in [4.78, 5) is 27.0. The van der Waals surface area contributed by atoms with Crippen LogP contribution in [-0.2, 0) is 20.7 Å². The third-order valence-electron chi connectivity index (χ3n) is 6.89. The maximum atomic E-state index is 16.1. The second kappa shape index (κ2) is 10.8. The van der Waals surface area contributed by atoms with Crippen molar-refractivity contribution < 1.29 is 28.0 Å². The van der Waals surface area contributed by atoms with Crippen molar-refractivity contribution in [2.24, 2.45) is 5.41 Å². The predicted octanol–water partition coefficient (Wildman–Crippen LogP) is 4.72. The monoisotopic (exact) mass is 526 g/mol. The number of methoxy groups -OCH3 is 1. The Hall–Kier alpha value is -2.75. The largest absolute Gasteiger partial charge is 0.498 e. The van der Waals surface area contributed by atoms with E-state index in [9.17, 15) is 9.59 Å². The van der Waals surface area contributed by atoms with Crippen molar-refractivity contribution in [2.45, 2.75) is 80.1 Å². The second-order valence-corrected chi connectivity index (χ2v) is 12.3. The Bertz CT molecular complexity index is 1190. The normalized spacial score (nSPS) is 16.4. The van der Waals surface area contributed by atoms with Crippen molar-refractivity contribution in [3.05, 3.63) is 64.0 Å². The molecule has 9 heteroatoms. The van der Waals surface area contributed by atoms with E-state index in [1.807, 2.05) is 68.4 Å². The lowest BCUT2D eigenvalue weighted by atomic mass is 9.74. The van der Waals surface area contributed by atoms with Crippen LogP contribution in [0.4, 0.5) is 4.39 Å². The predicted molar refractivity (Wildman–Crippen MR) is 147 cm³/mol. The Balaban J connectivity index is 2.00. The van der Waals surface area contributed by atoms with E-state index in [2.05, 4.69) is 5.43 Å². The van der Waals surface area contributed by atoms with Crippen molar-refractivity contribution in [1.82, 2.24) is 10.4 Å². The van der Waals surface area contributed by atoms with Gasteiger partial charge >= 0.3 is 7.12 Å². The number of benzene rings is 2. The maximum absolute atomic E-state index is 16.1. The molecule has 1 heterocycles. The number of hydrazine groups is 1. The standard InChI is InChI=1S/C29H40BFN2O5/c1-18-13-19(2)15-21(14-18)26(35)33(17-27(3,4)5)32-25(34)22-12-11-20(16-36-10)23(24(22)31)30-37-28(6,7)29(8,9)38-30/h11-15H,16-17H2,1-10H3,(H,32,34). The molecule has 7 nitrogen and oxygen atoms in total. The van der Waals surface area contributed by atoms with Gasteiger partial charge in [-0.25, -0.2) is 9.40 Å². The molecule has 3 rings (SSSR count). The highest BCUT2D eigenvalue weighted by Gasteiger charge is 2.53. The third kappa shape index (κ3) is 6.45. The van der Waals surface area contributed by atoms with Crippen molar-refractivity contribution in [3.63, 3.8) is 0 Å².